The van der Waals surface area contributed by atoms with Gasteiger partial charge in [-0.15, -0.1) is 10.2 Å². The molecule has 3 N–H and O–H groups in total. The predicted molar refractivity (Wildman–Crippen MR) is 124 cm³/mol. The van der Waals surface area contributed by atoms with Crippen LogP contribution < -0.4 is 10.6 Å². The number of halogens is 1. The Labute approximate surface area is 194 Å². The molecule has 5 rings (SSSR count). The summed E-state index contributed by atoms with van der Waals surface area (Å²) in [6, 6.07) is 13.1. The van der Waals surface area contributed by atoms with Crippen molar-refractivity contribution in [3.8, 4) is 11.4 Å². The topological polar surface area (TPSA) is 134 Å². The Bertz CT molecular complexity index is 1510. The van der Waals surface area contributed by atoms with Crippen LogP contribution in [0.3, 0.4) is 0 Å². The lowest BCUT2D eigenvalue weighted by molar-refractivity contribution is -0.135. The second-order valence-electron chi connectivity index (χ2n) is 6.90. The second kappa shape index (κ2) is 8.45. The number of hydrogen-bond acceptors (Lipinski definition) is 8. The third-order valence-corrected chi connectivity index (χ3v) is 5.86. The van der Waals surface area contributed by atoms with E-state index in [9.17, 15) is 9.59 Å². The fourth-order valence-electron chi connectivity index (χ4n) is 3.20. The molecule has 3 aromatic heterocycles. The molecule has 0 unspecified atom stereocenters. The van der Waals surface area contributed by atoms with Crippen LogP contribution in [0.1, 0.15) is 10.5 Å². The molecule has 164 valence electrons. The highest BCUT2D eigenvalue weighted by Crippen LogP contribution is 2.31. The zero-order chi connectivity index (χ0) is 22.9. The summed E-state index contributed by atoms with van der Waals surface area (Å²) in [6.07, 6.45) is 3.07. The van der Waals surface area contributed by atoms with Gasteiger partial charge in [0, 0.05) is 28.7 Å². The van der Waals surface area contributed by atoms with Crippen molar-refractivity contribution in [2.45, 2.75) is 0 Å². The minimum Gasteiger partial charge on any atom is -0.480 e. The molecule has 12 heteroatoms. The number of nitrogens with one attached hydrogen (secondary N) is 2. The van der Waals surface area contributed by atoms with Gasteiger partial charge < -0.3 is 15.7 Å². The fraction of sp³-hybridized carbons (Fsp3) is 0.0476. The normalized spacial score (nSPS) is 11.1. The molecule has 10 nitrogen and oxygen atoms in total. The molecule has 0 aliphatic rings. The Kier molecular flexibility index (Phi) is 5.32. The summed E-state index contributed by atoms with van der Waals surface area (Å²) in [5, 5.41) is 24.0. The molecule has 2 aromatic carbocycles. The summed E-state index contributed by atoms with van der Waals surface area (Å²) in [6.45, 7) is -0.515. The number of anilines is 2. The number of benzene rings is 2. The number of aromatic nitrogens is 5. The van der Waals surface area contributed by atoms with Crippen molar-refractivity contribution in [3.63, 3.8) is 0 Å². The molecule has 0 aliphatic heterocycles. The summed E-state index contributed by atoms with van der Waals surface area (Å²) in [5.74, 6) is -1.28. The number of fused-ring (bicyclic) bond motifs is 2. The quantitative estimate of drug-likeness (QED) is 0.336. The van der Waals surface area contributed by atoms with Crippen molar-refractivity contribution in [2.24, 2.45) is 0 Å². The zero-order valence-electron chi connectivity index (χ0n) is 16.7. The number of nitrogens with zero attached hydrogens (tertiary/aromatic N) is 5. The average molecular weight is 480 g/mol. The molecule has 0 fully saturated rings. The van der Waals surface area contributed by atoms with Crippen molar-refractivity contribution < 1.29 is 14.7 Å². The Morgan fingerprint density at radius 1 is 1.12 bits per heavy atom. The third kappa shape index (κ3) is 4.19. The van der Waals surface area contributed by atoms with Gasteiger partial charge in [0.15, 0.2) is 22.3 Å². The van der Waals surface area contributed by atoms with E-state index >= 15 is 0 Å². The summed E-state index contributed by atoms with van der Waals surface area (Å²) >= 11 is 7.55. The van der Waals surface area contributed by atoms with Crippen molar-refractivity contribution in [1.29, 1.82) is 0 Å². The van der Waals surface area contributed by atoms with E-state index in [0.29, 0.717) is 10.8 Å². The lowest BCUT2D eigenvalue weighted by Crippen LogP contribution is -2.30. The Morgan fingerprint density at radius 3 is 2.73 bits per heavy atom. The largest absolute Gasteiger partial charge is 0.480 e. The molecular weight excluding hydrogens is 466 g/mol. The van der Waals surface area contributed by atoms with Gasteiger partial charge in [-0.05, 0) is 42.5 Å². The third-order valence-electron chi connectivity index (χ3n) is 4.69. The summed E-state index contributed by atoms with van der Waals surface area (Å²) < 4.78 is 2.62. The van der Waals surface area contributed by atoms with Crippen molar-refractivity contribution >= 4 is 61.5 Å². The monoisotopic (exact) mass is 479 g/mol. The molecule has 0 saturated carbocycles. The first-order chi connectivity index (χ1) is 16.0. The molecule has 0 bridgehead atoms. The van der Waals surface area contributed by atoms with Crippen LogP contribution in [0.25, 0.3) is 27.3 Å². The molecule has 0 saturated heterocycles. The number of aliphatic carboxylic acids is 1. The average Bonchev–Trinajstić information content (AvgIpc) is 3.41. The standard InChI is InChI=1S/C21H14ClN7O3S/c22-12-3-6-14-15(9-12)33-21(26-14)25-13-4-1-11(2-5-13)18-27-28-19-17(23-7-8-29(18)19)20(32)24-10-16(30)31/h1-9H,10H2,(H,24,32)(H,25,26)(H,30,31). The van der Waals surface area contributed by atoms with Crippen LogP contribution in [0.4, 0.5) is 10.8 Å². The molecule has 3 heterocycles. The highest BCUT2D eigenvalue weighted by Gasteiger charge is 2.18. The minimum atomic E-state index is -1.15. The number of hydrogen-bond donors (Lipinski definition) is 3. The van der Waals surface area contributed by atoms with Gasteiger partial charge in [-0.3, -0.25) is 14.0 Å². The van der Waals surface area contributed by atoms with Gasteiger partial charge in [0.05, 0.1) is 10.2 Å². The van der Waals surface area contributed by atoms with E-state index in [-0.39, 0.29) is 11.3 Å². The maximum absolute atomic E-state index is 12.3. The van der Waals surface area contributed by atoms with E-state index in [1.807, 2.05) is 42.5 Å². The predicted octanol–water partition coefficient (Wildman–Crippen LogP) is 3.61. The van der Waals surface area contributed by atoms with E-state index in [4.69, 9.17) is 16.7 Å². The van der Waals surface area contributed by atoms with Crippen LogP contribution in [0.2, 0.25) is 5.02 Å². The molecule has 0 aliphatic carbocycles. The number of thiazole rings is 1. The summed E-state index contributed by atoms with van der Waals surface area (Å²) in [7, 11) is 0. The summed E-state index contributed by atoms with van der Waals surface area (Å²) in [5.41, 5.74) is 2.70. The van der Waals surface area contributed by atoms with E-state index < -0.39 is 18.4 Å². The maximum atomic E-state index is 12.3. The van der Waals surface area contributed by atoms with Gasteiger partial charge in [-0.25, -0.2) is 9.97 Å². The molecule has 0 radical (unpaired) electrons. The van der Waals surface area contributed by atoms with Gasteiger partial charge >= 0.3 is 5.97 Å². The maximum Gasteiger partial charge on any atom is 0.322 e. The van der Waals surface area contributed by atoms with E-state index in [1.165, 1.54) is 17.5 Å². The Morgan fingerprint density at radius 2 is 1.94 bits per heavy atom. The first kappa shape index (κ1) is 20.8. The number of carboxylic acids is 1. The Balaban J connectivity index is 1.39. The molecule has 0 spiro atoms. The van der Waals surface area contributed by atoms with Crippen LogP contribution in [-0.4, -0.2) is 48.1 Å². The van der Waals surface area contributed by atoms with Gasteiger partial charge in [0.1, 0.15) is 6.54 Å². The Hall–Kier alpha value is -4.09. The number of amides is 1. The van der Waals surface area contributed by atoms with Crippen LogP contribution in [0, 0.1) is 0 Å². The smallest absolute Gasteiger partial charge is 0.322 e. The molecule has 33 heavy (non-hydrogen) atoms. The van der Waals surface area contributed by atoms with E-state index in [0.717, 1.165) is 26.6 Å². The first-order valence-corrected chi connectivity index (χ1v) is 10.8. The van der Waals surface area contributed by atoms with Gasteiger partial charge in [-0.2, -0.15) is 0 Å². The summed E-state index contributed by atoms with van der Waals surface area (Å²) in [4.78, 5) is 31.6. The molecular formula is C21H14ClN7O3S. The lowest BCUT2D eigenvalue weighted by atomic mass is 10.2. The van der Waals surface area contributed by atoms with Crippen molar-refractivity contribution in [3.05, 3.63) is 65.6 Å². The van der Waals surface area contributed by atoms with Gasteiger partial charge in [0.2, 0.25) is 0 Å². The number of carboxylic acid groups (broad SMARTS) is 1. The van der Waals surface area contributed by atoms with E-state index in [2.05, 4.69) is 30.8 Å². The number of carbonyl (C=O) groups is 2. The fourth-order valence-corrected chi connectivity index (χ4v) is 4.36. The number of rotatable bonds is 6. The van der Waals surface area contributed by atoms with Gasteiger partial charge in [0.25, 0.3) is 5.91 Å². The van der Waals surface area contributed by atoms with Crippen LogP contribution in [0.15, 0.2) is 54.9 Å². The van der Waals surface area contributed by atoms with Crippen molar-refractivity contribution in [2.75, 3.05) is 11.9 Å². The highest BCUT2D eigenvalue weighted by molar-refractivity contribution is 7.22. The second-order valence-corrected chi connectivity index (χ2v) is 8.37. The van der Waals surface area contributed by atoms with Crippen LogP contribution in [-0.2, 0) is 4.79 Å². The zero-order valence-corrected chi connectivity index (χ0v) is 18.3. The lowest BCUT2D eigenvalue weighted by Gasteiger charge is -2.05. The van der Waals surface area contributed by atoms with Crippen LogP contribution in [0.5, 0.6) is 0 Å². The molecule has 5 aromatic rings. The van der Waals surface area contributed by atoms with E-state index in [1.54, 1.807) is 10.6 Å². The minimum absolute atomic E-state index is 0.00766. The van der Waals surface area contributed by atoms with Crippen molar-refractivity contribution in [1.82, 2.24) is 29.9 Å². The van der Waals surface area contributed by atoms with Crippen LogP contribution >= 0.6 is 22.9 Å². The SMILES string of the molecule is O=C(O)CNC(=O)c1nccn2c(-c3ccc(Nc4nc5ccc(Cl)cc5s4)cc3)nnc12. The number of carbonyl (C=O) groups excluding carboxylic acids is 1. The van der Waals surface area contributed by atoms with Gasteiger partial charge in [-0.1, -0.05) is 22.9 Å². The first-order valence-electron chi connectivity index (χ1n) is 9.61. The highest BCUT2D eigenvalue weighted by atomic mass is 35.5. The molecule has 0 atom stereocenters. The molecule has 1 amide bonds.